The number of hydrogen-bond donors (Lipinski definition) is 2. The number of hydrogen-bond acceptors (Lipinski definition) is 4. The molecule has 3 aromatic rings. The minimum atomic E-state index is -3.43. The first-order chi connectivity index (χ1) is 13.0. The second kappa shape index (κ2) is 8.64. The van der Waals surface area contributed by atoms with Crippen LogP contribution in [-0.4, -0.2) is 19.2 Å². The van der Waals surface area contributed by atoms with E-state index in [0.29, 0.717) is 30.0 Å². The van der Waals surface area contributed by atoms with E-state index in [1.54, 1.807) is 24.3 Å². The monoisotopic (exact) mass is 385 g/mol. The topological polar surface area (TPSA) is 71.1 Å². The van der Waals surface area contributed by atoms with Crippen LogP contribution >= 0.6 is 0 Å². The summed E-state index contributed by atoms with van der Waals surface area (Å²) in [7, 11) is -3.43. The van der Waals surface area contributed by atoms with Crippen molar-refractivity contribution in [3.8, 4) is 0 Å². The number of aromatic nitrogens is 1. The molecule has 0 spiro atoms. The maximum absolute atomic E-state index is 12.9. The molecule has 7 heteroatoms. The third-order valence-electron chi connectivity index (χ3n) is 3.87. The normalized spacial score (nSPS) is 11.1. The zero-order valence-electron chi connectivity index (χ0n) is 14.6. The van der Waals surface area contributed by atoms with Crippen LogP contribution in [0.1, 0.15) is 12.0 Å². The molecule has 0 saturated carbocycles. The maximum atomic E-state index is 12.9. The first kappa shape index (κ1) is 18.8. The maximum Gasteiger partial charge on any atom is 0.232 e. The van der Waals surface area contributed by atoms with Crippen molar-refractivity contribution in [1.82, 2.24) is 4.98 Å². The van der Waals surface area contributed by atoms with Crippen LogP contribution < -0.4 is 10.0 Å². The molecule has 5 nitrogen and oxygen atoms in total. The van der Waals surface area contributed by atoms with Crippen LogP contribution in [0, 0.1) is 5.82 Å². The molecule has 3 rings (SSSR count). The molecule has 0 amide bonds. The second-order valence-electron chi connectivity index (χ2n) is 6.07. The smallest absolute Gasteiger partial charge is 0.232 e. The van der Waals surface area contributed by atoms with E-state index in [4.69, 9.17) is 0 Å². The molecule has 0 fully saturated rings. The zero-order chi connectivity index (χ0) is 19.1. The molecule has 1 aromatic heterocycles. The van der Waals surface area contributed by atoms with E-state index in [2.05, 4.69) is 15.0 Å². The number of halogens is 1. The van der Waals surface area contributed by atoms with Crippen LogP contribution in [0.15, 0.2) is 72.9 Å². The lowest BCUT2D eigenvalue weighted by molar-refractivity contribution is 0.598. The summed E-state index contributed by atoms with van der Waals surface area (Å²) in [5.41, 5.74) is 2.21. The van der Waals surface area contributed by atoms with E-state index in [-0.39, 0.29) is 11.6 Å². The van der Waals surface area contributed by atoms with Gasteiger partial charge in [0.2, 0.25) is 10.0 Å². The quantitative estimate of drug-likeness (QED) is 0.605. The van der Waals surface area contributed by atoms with Crippen LogP contribution in [0.4, 0.5) is 21.6 Å². The molecule has 27 heavy (non-hydrogen) atoms. The molecule has 0 bridgehead atoms. The van der Waals surface area contributed by atoms with Gasteiger partial charge < -0.3 is 5.32 Å². The molecule has 2 aromatic carbocycles. The summed E-state index contributed by atoms with van der Waals surface area (Å²) in [6, 6.07) is 19.0. The summed E-state index contributed by atoms with van der Waals surface area (Å²) in [5, 5.41) is 3.02. The van der Waals surface area contributed by atoms with Crippen molar-refractivity contribution >= 4 is 27.2 Å². The number of aryl methyl sites for hydroxylation is 1. The van der Waals surface area contributed by atoms with Crippen molar-refractivity contribution in [1.29, 1.82) is 0 Å². The zero-order valence-corrected chi connectivity index (χ0v) is 15.4. The van der Waals surface area contributed by atoms with Gasteiger partial charge in [-0.05, 0) is 54.8 Å². The van der Waals surface area contributed by atoms with Crippen molar-refractivity contribution < 1.29 is 12.8 Å². The van der Waals surface area contributed by atoms with Gasteiger partial charge in [0.05, 0.1) is 17.6 Å². The van der Waals surface area contributed by atoms with Crippen molar-refractivity contribution in [2.75, 3.05) is 15.8 Å². The number of nitrogens with zero attached hydrogens (tertiary/aromatic N) is 1. The Bertz CT molecular complexity index is 960. The van der Waals surface area contributed by atoms with E-state index < -0.39 is 10.0 Å². The van der Waals surface area contributed by atoms with Crippen molar-refractivity contribution in [2.45, 2.75) is 12.8 Å². The minimum Gasteiger partial charge on any atom is -0.340 e. The Balaban J connectivity index is 1.52. The highest BCUT2D eigenvalue weighted by Crippen LogP contribution is 2.17. The lowest BCUT2D eigenvalue weighted by Crippen LogP contribution is -2.17. The number of benzene rings is 2. The summed E-state index contributed by atoms with van der Waals surface area (Å²) < 4.78 is 39.9. The van der Waals surface area contributed by atoms with Crippen molar-refractivity contribution in [3.05, 3.63) is 84.3 Å². The van der Waals surface area contributed by atoms with Crippen LogP contribution in [0.25, 0.3) is 0 Å². The highest BCUT2D eigenvalue weighted by Gasteiger charge is 2.10. The predicted octanol–water partition coefficient (Wildman–Crippen LogP) is 4.34. The van der Waals surface area contributed by atoms with Gasteiger partial charge in [-0.2, -0.15) is 0 Å². The van der Waals surface area contributed by atoms with E-state index in [9.17, 15) is 12.8 Å². The van der Waals surface area contributed by atoms with Gasteiger partial charge in [0.25, 0.3) is 0 Å². The molecule has 0 aliphatic heterocycles. The van der Waals surface area contributed by atoms with E-state index in [0.717, 1.165) is 5.56 Å². The van der Waals surface area contributed by atoms with Crippen molar-refractivity contribution in [3.63, 3.8) is 0 Å². The number of rotatable bonds is 8. The largest absolute Gasteiger partial charge is 0.340 e. The van der Waals surface area contributed by atoms with E-state index in [1.807, 2.05) is 30.3 Å². The lowest BCUT2D eigenvalue weighted by atomic mass is 10.1. The van der Waals surface area contributed by atoms with Gasteiger partial charge >= 0.3 is 0 Å². The highest BCUT2D eigenvalue weighted by molar-refractivity contribution is 7.92. The van der Waals surface area contributed by atoms with Crippen molar-refractivity contribution in [2.24, 2.45) is 0 Å². The Morgan fingerprint density at radius 2 is 1.59 bits per heavy atom. The number of nitrogens with one attached hydrogen (secondary N) is 2. The number of anilines is 3. The summed E-state index contributed by atoms with van der Waals surface area (Å²) in [5.74, 6) is 0.261. The van der Waals surface area contributed by atoms with Gasteiger partial charge in [0, 0.05) is 5.69 Å². The van der Waals surface area contributed by atoms with Gasteiger partial charge in [-0.3, -0.25) is 4.72 Å². The molecule has 2 N–H and O–H groups in total. The molecule has 0 saturated heterocycles. The van der Waals surface area contributed by atoms with Crippen LogP contribution in [-0.2, 0) is 16.4 Å². The Morgan fingerprint density at radius 1 is 0.889 bits per heavy atom. The molecule has 0 radical (unpaired) electrons. The third kappa shape index (κ3) is 6.07. The summed E-state index contributed by atoms with van der Waals surface area (Å²) in [6.45, 7) is 0. The average molecular weight is 385 g/mol. The average Bonchev–Trinajstić information content (AvgIpc) is 2.66. The number of sulfonamides is 1. The van der Waals surface area contributed by atoms with Gasteiger partial charge in [-0.15, -0.1) is 0 Å². The standard InChI is InChI=1S/C20H20FN3O2S/c21-17-8-10-18(11-9-17)23-20-13-12-19(15-22-20)24-27(25,26)14-4-7-16-5-2-1-3-6-16/h1-3,5-6,8-13,15,24H,4,7,14H2,(H,22,23). The predicted molar refractivity (Wildman–Crippen MR) is 106 cm³/mol. The fourth-order valence-electron chi connectivity index (χ4n) is 2.55. The third-order valence-corrected chi connectivity index (χ3v) is 5.25. The first-order valence-corrected chi connectivity index (χ1v) is 10.2. The van der Waals surface area contributed by atoms with Crippen LogP contribution in [0.3, 0.4) is 0 Å². The Kier molecular flexibility index (Phi) is 6.03. The molecule has 140 valence electrons. The molecule has 1 heterocycles. The van der Waals surface area contributed by atoms with E-state index in [1.165, 1.54) is 18.3 Å². The van der Waals surface area contributed by atoms with Gasteiger partial charge in [-0.25, -0.2) is 17.8 Å². The number of pyridine rings is 1. The Labute approximate surface area is 158 Å². The molecule has 0 unspecified atom stereocenters. The highest BCUT2D eigenvalue weighted by atomic mass is 32.2. The molecular formula is C20H20FN3O2S. The first-order valence-electron chi connectivity index (χ1n) is 8.53. The SMILES string of the molecule is O=S(=O)(CCCc1ccccc1)Nc1ccc(Nc2ccc(F)cc2)nc1. The van der Waals surface area contributed by atoms with Crippen LogP contribution in [0.5, 0.6) is 0 Å². The molecule has 0 atom stereocenters. The lowest BCUT2D eigenvalue weighted by Gasteiger charge is -2.09. The molecule has 0 aliphatic carbocycles. The second-order valence-corrected chi connectivity index (χ2v) is 7.92. The Morgan fingerprint density at radius 3 is 2.26 bits per heavy atom. The fraction of sp³-hybridized carbons (Fsp3) is 0.150. The summed E-state index contributed by atoms with van der Waals surface area (Å²) >= 11 is 0. The van der Waals surface area contributed by atoms with Crippen LogP contribution in [0.2, 0.25) is 0 Å². The van der Waals surface area contributed by atoms with Gasteiger partial charge in [0.1, 0.15) is 11.6 Å². The Hall–Kier alpha value is -2.93. The summed E-state index contributed by atoms with van der Waals surface area (Å²) in [6.07, 6.45) is 2.69. The van der Waals surface area contributed by atoms with Gasteiger partial charge in [-0.1, -0.05) is 30.3 Å². The van der Waals surface area contributed by atoms with E-state index >= 15 is 0 Å². The summed E-state index contributed by atoms with van der Waals surface area (Å²) in [4.78, 5) is 4.18. The minimum absolute atomic E-state index is 0.0392. The molecule has 0 aliphatic rings. The fourth-order valence-corrected chi connectivity index (χ4v) is 3.66. The molecular weight excluding hydrogens is 365 g/mol. The van der Waals surface area contributed by atoms with Gasteiger partial charge in [0.15, 0.2) is 0 Å².